The Balaban J connectivity index is 1.53. The van der Waals surface area contributed by atoms with Crippen LogP contribution in [-0.2, 0) is 0 Å². The number of pyridine rings is 1. The number of nitrogen functional groups attached to an aromatic ring is 1. The van der Waals surface area contributed by atoms with E-state index in [4.69, 9.17) is 16.1 Å². The lowest BCUT2D eigenvalue weighted by Crippen LogP contribution is -2.40. The van der Waals surface area contributed by atoms with E-state index in [0.29, 0.717) is 22.9 Å². The Labute approximate surface area is 206 Å². The highest BCUT2D eigenvalue weighted by molar-refractivity contribution is 6.08. The molecule has 2 aromatic rings. The highest BCUT2D eigenvalue weighted by Gasteiger charge is 2.47. The first-order valence-electron chi connectivity index (χ1n) is 12.4. The van der Waals surface area contributed by atoms with Crippen molar-refractivity contribution in [2.45, 2.75) is 58.4 Å². The molecule has 7 heteroatoms. The van der Waals surface area contributed by atoms with Crippen molar-refractivity contribution in [3.63, 3.8) is 0 Å². The zero-order valence-electron chi connectivity index (χ0n) is 20.4. The van der Waals surface area contributed by atoms with Crippen molar-refractivity contribution in [3.8, 4) is 0 Å². The average molecular weight is 476 g/mol. The van der Waals surface area contributed by atoms with Crippen molar-refractivity contribution in [2.24, 2.45) is 22.2 Å². The average Bonchev–Trinajstić information content (AvgIpc) is 3.15. The van der Waals surface area contributed by atoms with E-state index < -0.39 is 0 Å². The second-order valence-corrected chi connectivity index (χ2v) is 9.97. The van der Waals surface area contributed by atoms with Crippen LogP contribution in [0.1, 0.15) is 62.7 Å². The molecule has 0 saturated heterocycles. The monoisotopic (exact) mass is 475 g/mol. The number of nitrogens with one attached hydrogen (secondary N) is 2. The lowest BCUT2D eigenvalue weighted by atomic mass is 9.65. The van der Waals surface area contributed by atoms with Crippen molar-refractivity contribution in [3.05, 3.63) is 65.8 Å². The van der Waals surface area contributed by atoms with Gasteiger partial charge < -0.3 is 16.5 Å². The number of anilines is 1. The zero-order valence-corrected chi connectivity index (χ0v) is 20.4. The number of fused-ring (bicyclic) bond motifs is 1. The molecule has 4 atom stereocenters. The number of nitrogens with zero attached hydrogens (tertiary/aromatic N) is 2. The van der Waals surface area contributed by atoms with Gasteiger partial charge in [-0.05, 0) is 79.8 Å². The van der Waals surface area contributed by atoms with E-state index in [-0.39, 0.29) is 29.1 Å². The molecule has 35 heavy (non-hydrogen) atoms. The van der Waals surface area contributed by atoms with Crippen LogP contribution in [0.5, 0.6) is 0 Å². The number of hydrogen-bond acceptors (Lipinski definition) is 5. The molecular formula is C28H34FN5O. The molecule has 6 nitrogen and oxygen atoms in total. The lowest BCUT2D eigenvalue weighted by molar-refractivity contribution is 0.0920. The molecule has 2 aliphatic rings. The normalized spacial score (nSPS) is 25.6. The molecule has 0 aliphatic heterocycles. The molecule has 1 saturated carbocycles. The number of rotatable bonds is 8. The number of nitrogens with two attached hydrogens (primary N) is 1. The molecule has 4 unspecified atom stereocenters. The van der Waals surface area contributed by atoms with Crippen molar-refractivity contribution in [1.82, 2.24) is 10.3 Å². The van der Waals surface area contributed by atoms with Gasteiger partial charge in [-0.2, -0.15) is 0 Å². The summed E-state index contributed by atoms with van der Waals surface area (Å²) in [6.07, 6.45) is 12.3. The standard InChI is InChI=1S/C28H34FN5O/c1-3-4-23(34-27(35)24-11-12-32-17-25(24)31)13-19-5-6-20-14-26(18(16-30)15-28(19,20)2)33-22-9-7-21(29)8-10-22/h7-12,14,16-19,23,30H,3-6,13,15,31H2,1-2H3,(H,34,35). The van der Waals surface area contributed by atoms with Gasteiger partial charge in [0.05, 0.1) is 23.1 Å². The number of aliphatic imine (C=N–C) groups is 1. The van der Waals surface area contributed by atoms with Gasteiger partial charge in [-0.15, -0.1) is 0 Å². The van der Waals surface area contributed by atoms with E-state index in [1.807, 2.05) is 0 Å². The summed E-state index contributed by atoms with van der Waals surface area (Å²) in [7, 11) is 0. The van der Waals surface area contributed by atoms with E-state index in [1.165, 1.54) is 30.1 Å². The first-order valence-corrected chi connectivity index (χ1v) is 12.4. The summed E-state index contributed by atoms with van der Waals surface area (Å²) in [6, 6.07) is 7.86. The summed E-state index contributed by atoms with van der Waals surface area (Å²) in [5, 5.41) is 11.3. The summed E-state index contributed by atoms with van der Waals surface area (Å²) < 4.78 is 13.3. The van der Waals surface area contributed by atoms with Gasteiger partial charge >= 0.3 is 0 Å². The van der Waals surface area contributed by atoms with E-state index in [1.54, 1.807) is 24.4 Å². The molecule has 1 aromatic heterocycles. The third-order valence-corrected chi connectivity index (χ3v) is 7.67. The quantitative estimate of drug-likeness (QED) is 0.415. The number of halogens is 1. The summed E-state index contributed by atoms with van der Waals surface area (Å²) >= 11 is 0. The minimum atomic E-state index is -0.286. The SMILES string of the molecule is CCCC(CC1CCC2=CC(=Nc3ccc(F)cc3)C(C=N)CC21C)NC(=O)c1ccncc1N. The molecule has 0 spiro atoms. The molecule has 1 aromatic carbocycles. The highest BCUT2D eigenvalue weighted by Crippen LogP contribution is 2.55. The van der Waals surface area contributed by atoms with Gasteiger partial charge in [0.2, 0.25) is 0 Å². The van der Waals surface area contributed by atoms with Crippen LogP contribution in [-0.4, -0.2) is 28.9 Å². The fourth-order valence-electron chi connectivity index (χ4n) is 5.70. The van der Waals surface area contributed by atoms with Gasteiger partial charge in [-0.1, -0.05) is 25.8 Å². The Morgan fingerprint density at radius 2 is 2.14 bits per heavy atom. The van der Waals surface area contributed by atoms with E-state index in [2.05, 4.69) is 30.2 Å². The molecule has 0 radical (unpaired) electrons. The van der Waals surface area contributed by atoms with Gasteiger partial charge in [-0.25, -0.2) is 4.39 Å². The summed E-state index contributed by atoms with van der Waals surface area (Å²) in [6.45, 7) is 4.43. The van der Waals surface area contributed by atoms with Crippen LogP contribution in [0.3, 0.4) is 0 Å². The first-order chi connectivity index (χ1) is 16.8. The molecular weight excluding hydrogens is 441 g/mol. The van der Waals surface area contributed by atoms with Gasteiger partial charge in [-0.3, -0.25) is 14.8 Å². The molecule has 1 fully saturated rings. The van der Waals surface area contributed by atoms with Crippen LogP contribution in [0.4, 0.5) is 15.8 Å². The number of benzene rings is 1. The molecule has 184 valence electrons. The van der Waals surface area contributed by atoms with Crippen LogP contribution >= 0.6 is 0 Å². The van der Waals surface area contributed by atoms with Gasteiger partial charge in [0, 0.05) is 30.1 Å². The van der Waals surface area contributed by atoms with Crippen LogP contribution in [0, 0.1) is 28.5 Å². The molecule has 0 bridgehead atoms. The van der Waals surface area contributed by atoms with Crippen molar-refractivity contribution < 1.29 is 9.18 Å². The Bertz CT molecular complexity index is 1140. The predicted octanol–water partition coefficient (Wildman–Crippen LogP) is 5.88. The minimum absolute atomic E-state index is 0.0452. The summed E-state index contributed by atoms with van der Waals surface area (Å²) in [5.74, 6) is -0.136. The second-order valence-electron chi connectivity index (χ2n) is 9.97. The Morgan fingerprint density at radius 3 is 2.83 bits per heavy atom. The van der Waals surface area contributed by atoms with Crippen LogP contribution in [0.25, 0.3) is 0 Å². The number of aromatic nitrogens is 1. The maximum atomic E-state index is 13.3. The smallest absolute Gasteiger partial charge is 0.253 e. The third-order valence-electron chi connectivity index (χ3n) is 7.67. The molecule has 1 amide bonds. The molecule has 1 heterocycles. The predicted molar refractivity (Wildman–Crippen MR) is 139 cm³/mol. The topological polar surface area (TPSA) is 104 Å². The zero-order chi connectivity index (χ0) is 25.0. The number of carbonyl (C=O) groups excluding carboxylic acids is 1. The van der Waals surface area contributed by atoms with Crippen LogP contribution < -0.4 is 11.1 Å². The number of amides is 1. The Kier molecular flexibility index (Phi) is 7.43. The van der Waals surface area contributed by atoms with Gasteiger partial charge in [0.1, 0.15) is 5.82 Å². The first kappa shape index (κ1) is 24.8. The third kappa shape index (κ3) is 5.34. The fourth-order valence-corrected chi connectivity index (χ4v) is 5.70. The molecule has 2 aliphatic carbocycles. The largest absolute Gasteiger partial charge is 0.397 e. The summed E-state index contributed by atoms with van der Waals surface area (Å²) in [4.78, 5) is 21.6. The van der Waals surface area contributed by atoms with Gasteiger partial charge in [0.15, 0.2) is 0 Å². The maximum absolute atomic E-state index is 13.3. The lowest BCUT2D eigenvalue weighted by Gasteiger charge is -2.40. The van der Waals surface area contributed by atoms with E-state index in [9.17, 15) is 9.18 Å². The molecule has 4 N–H and O–H groups in total. The minimum Gasteiger partial charge on any atom is -0.397 e. The van der Waals surface area contributed by atoms with E-state index in [0.717, 1.165) is 44.2 Å². The highest BCUT2D eigenvalue weighted by atomic mass is 19.1. The fraction of sp³-hybridized carbons (Fsp3) is 0.429. The number of carbonyl (C=O) groups is 1. The van der Waals surface area contributed by atoms with Crippen molar-refractivity contribution in [1.29, 1.82) is 5.41 Å². The van der Waals surface area contributed by atoms with Crippen LogP contribution in [0.15, 0.2) is 59.4 Å². The number of allylic oxidation sites excluding steroid dienone is 2. The summed E-state index contributed by atoms with van der Waals surface area (Å²) in [5.41, 5.74) is 9.69. The van der Waals surface area contributed by atoms with Crippen molar-refractivity contribution >= 4 is 29.2 Å². The Hall–Kier alpha value is -3.35. The van der Waals surface area contributed by atoms with Crippen molar-refractivity contribution in [2.75, 3.05) is 5.73 Å². The number of hydrogen-bond donors (Lipinski definition) is 3. The Morgan fingerprint density at radius 1 is 1.37 bits per heavy atom. The second kappa shape index (κ2) is 10.5. The van der Waals surface area contributed by atoms with Crippen LogP contribution in [0.2, 0.25) is 0 Å². The maximum Gasteiger partial charge on any atom is 0.253 e. The van der Waals surface area contributed by atoms with E-state index >= 15 is 0 Å². The molecule has 4 rings (SSSR count). The van der Waals surface area contributed by atoms with Gasteiger partial charge in [0.25, 0.3) is 5.91 Å².